The molecule has 1 aliphatic heterocycles. The summed E-state index contributed by atoms with van der Waals surface area (Å²) in [5.41, 5.74) is 1.80. The molecule has 1 aliphatic rings. The third-order valence-corrected chi connectivity index (χ3v) is 5.39. The molecule has 7 nitrogen and oxygen atoms in total. The van der Waals surface area contributed by atoms with Crippen LogP contribution in [-0.2, 0) is 16.1 Å². The van der Waals surface area contributed by atoms with Gasteiger partial charge in [0.05, 0.1) is 31.4 Å². The van der Waals surface area contributed by atoms with Crippen molar-refractivity contribution in [1.82, 2.24) is 9.88 Å². The highest BCUT2D eigenvalue weighted by Crippen LogP contribution is 2.42. The van der Waals surface area contributed by atoms with Gasteiger partial charge in [-0.2, -0.15) is 0 Å². The van der Waals surface area contributed by atoms with Crippen LogP contribution in [-0.4, -0.2) is 40.9 Å². The number of methoxy groups -OCH3 is 2. The van der Waals surface area contributed by atoms with Crippen LogP contribution in [0.4, 0.5) is 0 Å². The Bertz CT molecular complexity index is 1180. The van der Waals surface area contributed by atoms with Crippen LogP contribution in [0, 0.1) is 0 Å². The summed E-state index contributed by atoms with van der Waals surface area (Å²) in [4.78, 5) is 31.7. The number of benzene rings is 2. The summed E-state index contributed by atoms with van der Waals surface area (Å²) in [6, 6.07) is 16.9. The second kappa shape index (κ2) is 8.93. The van der Waals surface area contributed by atoms with E-state index in [0.29, 0.717) is 22.6 Å². The van der Waals surface area contributed by atoms with Gasteiger partial charge in [0.25, 0.3) is 11.7 Å². The first-order valence-electron chi connectivity index (χ1n) is 9.99. The van der Waals surface area contributed by atoms with Crippen molar-refractivity contribution in [3.05, 3.63) is 95.3 Å². The van der Waals surface area contributed by atoms with Gasteiger partial charge in [-0.05, 0) is 29.3 Å². The maximum atomic E-state index is 13.1. The number of carbonyl (C=O) groups is 2. The Balaban J connectivity index is 1.88. The minimum absolute atomic E-state index is 0.00792. The zero-order chi connectivity index (χ0) is 22.7. The van der Waals surface area contributed by atoms with Crippen molar-refractivity contribution in [2.45, 2.75) is 12.6 Å². The quantitative estimate of drug-likeness (QED) is 0.364. The molecular formula is C25H22N2O5. The van der Waals surface area contributed by atoms with Crippen LogP contribution >= 0.6 is 0 Å². The van der Waals surface area contributed by atoms with Gasteiger partial charge in [0.15, 0.2) is 0 Å². The van der Waals surface area contributed by atoms with E-state index in [2.05, 4.69) is 4.98 Å². The van der Waals surface area contributed by atoms with Gasteiger partial charge in [0.2, 0.25) is 0 Å². The predicted octanol–water partition coefficient (Wildman–Crippen LogP) is 3.72. The van der Waals surface area contributed by atoms with Crippen LogP contribution < -0.4 is 9.47 Å². The van der Waals surface area contributed by atoms with Crippen molar-refractivity contribution in [1.29, 1.82) is 0 Å². The Hall–Kier alpha value is -4.13. The lowest BCUT2D eigenvalue weighted by Gasteiger charge is -2.25. The van der Waals surface area contributed by atoms with Gasteiger partial charge >= 0.3 is 0 Å². The molecular weight excluding hydrogens is 408 g/mol. The van der Waals surface area contributed by atoms with Crippen molar-refractivity contribution in [2.24, 2.45) is 0 Å². The van der Waals surface area contributed by atoms with Crippen molar-refractivity contribution in [3.8, 4) is 11.5 Å². The third kappa shape index (κ3) is 3.80. The first-order valence-corrected chi connectivity index (χ1v) is 9.99. The van der Waals surface area contributed by atoms with Crippen LogP contribution in [0.3, 0.4) is 0 Å². The summed E-state index contributed by atoms with van der Waals surface area (Å²) in [6.07, 6.45) is 3.29. The van der Waals surface area contributed by atoms with Gasteiger partial charge in [-0.15, -0.1) is 0 Å². The minimum atomic E-state index is -0.761. The Morgan fingerprint density at radius 3 is 2.47 bits per heavy atom. The average Bonchev–Trinajstić information content (AvgIpc) is 3.09. The fourth-order valence-corrected chi connectivity index (χ4v) is 3.85. The first kappa shape index (κ1) is 21.1. The number of Topliss-reactive ketones (excluding diaryl/α,β-unsaturated/α-hetero) is 1. The molecule has 0 spiro atoms. The van der Waals surface area contributed by atoms with Crippen molar-refractivity contribution < 1.29 is 24.2 Å². The Morgan fingerprint density at radius 1 is 1.03 bits per heavy atom. The number of amides is 1. The van der Waals surface area contributed by atoms with E-state index in [4.69, 9.17) is 9.47 Å². The Labute approximate surface area is 185 Å². The number of aliphatic hydroxyl groups is 1. The molecule has 0 unspecified atom stereocenters. The summed E-state index contributed by atoms with van der Waals surface area (Å²) in [7, 11) is 2.98. The van der Waals surface area contributed by atoms with Gasteiger partial charge < -0.3 is 19.5 Å². The molecule has 4 rings (SSSR count). The first-order chi connectivity index (χ1) is 15.5. The molecule has 1 aromatic heterocycles. The van der Waals surface area contributed by atoms with Crippen LogP contribution in [0.5, 0.6) is 11.5 Å². The monoisotopic (exact) mass is 430 g/mol. The van der Waals surface area contributed by atoms with E-state index >= 15 is 0 Å². The Kier molecular flexibility index (Phi) is 5.89. The second-order valence-corrected chi connectivity index (χ2v) is 7.27. The van der Waals surface area contributed by atoms with Crippen LogP contribution in [0.2, 0.25) is 0 Å². The maximum Gasteiger partial charge on any atom is 0.295 e. The van der Waals surface area contributed by atoms with Crippen LogP contribution in [0.15, 0.2) is 78.6 Å². The fraction of sp³-hybridized carbons (Fsp3) is 0.160. The van der Waals surface area contributed by atoms with E-state index in [0.717, 1.165) is 5.56 Å². The zero-order valence-corrected chi connectivity index (χ0v) is 17.7. The number of nitrogens with zero attached hydrogens (tertiary/aromatic N) is 2. The fourth-order valence-electron chi connectivity index (χ4n) is 3.85. The van der Waals surface area contributed by atoms with Gasteiger partial charge in [-0.25, -0.2) is 0 Å². The number of ketones is 1. The molecule has 1 fully saturated rings. The molecule has 7 heteroatoms. The lowest BCUT2D eigenvalue weighted by Crippen LogP contribution is -2.29. The average molecular weight is 430 g/mol. The van der Waals surface area contributed by atoms with Crippen molar-refractivity contribution in [3.63, 3.8) is 0 Å². The van der Waals surface area contributed by atoms with Gasteiger partial charge in [-0.3, -0.25) is 14.6 Å². The Morgan fingerprint density at radius 2 is 1.81 bits per heavy atom. The number of pyridine rings is 1. The molecule has 1 N–H and O–H groups in total. The lowest BCUT2D eigenvalue weighted by atomic mass is 9.95. The zero-order valence-electron chi connectivity index (χ0n) is 17.7. The minimum Gasteiger partial charge on any atom is -0.507 e. The third-order valence-electron chi connectivity index (χ3n) is 5.39. The molecule has 2 heterocycles. The van der Waals surface area contributed by atoms with Crippen LogP contribution in [0.1, 0.15) is 22.7 Å². The number of hydrogen-bond donors (Lipinski definition) is 1. The van der Waals surface area contributed by atoms with Crippen molar-refractivity contribution >= 4 is 17.4 Å². The molecule has 2 aromatic carbocycles. The van der Waals surface area contributed by atoms with E-state index in [1.807, 2.05) is 36.4 Å². The van der Waals surface area contributed by atoms with E-state index in [1.54, 1.807) is 36.7 Å². The standard InChI is InChI=1S/C25H22N2O5/c1-31-18-10-11-19(20(13-18)32-2)23(28)21-22(17-8-4-3-5-9-17)27(25(30)24(21)29)15-16-7-6-12-26-14-16/h3-14,22,28H,15H2,1-2H3/b23-21+/t22-/m1/s1. The predicted molar refractivity (Wildman–Crippen MR) is 118 cm³/mol. The number of ether oxygens (including phenoxy) is 2. The number of likely N-dealkylation sites (tertiary alicyclic amines) is 1. The molecule has 3 aromatic rings. The largest absolute Gasteiger partial charge is 0.507 e. The van der Waals surface area contributed by atoms with E-state index in [9.17, 15) is 14.7 Å². The van der Waals surface area contributed by atoms with E-state index in [1.165, 1.54) is 19.1 Å². The van der Waals surface area contributed by atoms with Crippen molar-refractivity contribution in [2.75, 3.05) is 14.2 Å². The topological polar surface area (TPSA) is 89.0 Å². The number of rotatable bonds is 6. The number of carbonyl (C=O) groups excluding carboxylic acids is 2. The van der Waals surface area contributed by atoms with Gasteiger partial charge in [0, 0.05) is 25.0 Å². The molecule has 1 amide bonds. The summed E-state index contributed by atoms with van der Waals surface area (Å²) < 4.78 is 10.6. The summed E-state index contributed by atoms with van der Waals surface area (Å²) >= 11 is 0. The van der Waals surface area contributed by atoms with E-state index < -0.39 is 17.7 Å². The molecule has 32 heavy (non-hydrogen) atoms. The van der Waals surface area contributed by atoms with Crippen LogP contribution in [0.25, 0.3) is 5.76 Å². The number of aromatic nitrogens is 1. The molecule has 0 saturated carbocycles. The molecule has 162 valence electrons. The number of aliphatic hydroxyl groups excluding tert-OH is 1. The normalized spacial score (nSPS) is 17.4. The summed E-state index contributed by atoms with van der Waals surface area (Å²) in [6.45, 7) is 0.175. The molecule has 0 aliphatic carbocycles. The molecule has 1 saturated heterocycles. The van der Waals surface area contributed by atoms with E-state index in [-0.39, 0.29) is 17.9 Å². The smallest absolute Gasteiger partial charge is 0.295 e. The van der Waals surface area contributed by atoms with Gasteiger partial charge in [0.1, 0.15) is 17.3 Å². The highest BCUT2D eigenvalue weighted by molar-refractivity contribution is 6.46. The molecule has 1 atom stereocenters. The highest BCUT2D eigenvalue weighted by Gasteiger charge is 2.46. The SMILES string of the molecule is COc1ccc(/C(O)=C2\C(=O)C(=O)N(Cc3cccnc3)[C@@H]2c2ccccc2)c(OC)c1. The second-order valence-electron chi connectivity index (χ2n) is 7.27. The maximum absolute atomic E-state index is 13.1. The van der Waals surface area contributed by atoms with Gasteiger partial charge in [-0.1, -0.05) is 36.4 Å². The number of hydrogen-bond acceptors (Lipinski definition) is 6. The lowest BCUT2D eigenvalue weighted by molar-refractivity contribution is -0.140. The summed E-state index contributed by atoms with van der Waals surface area (Å²) in [5, 5.41) is 11.2. The molecule has 0 bridgehead atoms. The highest BCUT2D eigenvalue weighted by atomic mass is 16.5. The molecule has 0 radical (unpaired) electrons. The summed E-state index contributed by atoms with van der Waals surface area (Å²) in [5.74, 6) is -0.873.